The number of nitrogens with one attached hydrogen (secondary N) is 1. The average molecular weight is 351 g/mol. The number of thiophene rings is 1. The molecule has 7 heteroatoms. The Balaban J connectivity index is 1.48. The van der Waals surface area contributed by atoms with Crippen molar-refractivity contribution in [3.8, 4) is 0 Å². The van der Waals surface area contributed by atoms with Crippen LogP contribution in [0.3, 0.4) is 0 Å². The molecule has 24 heavy (non-hydrogen) atoms. The fraction of sp³-hybridized carbons (Fsp3) is 0.706. The largest absolute Gasteiger partial charge is 0.360 e. The molecule has 3 rings (SSSR count). The van der Waals surface area contributed by atoms with Crippen LogP contribution in [-0.2, 0) is 0 Å². The van der Waals surface area contributed by atoms with Crippen molar-refractivity contribution in [2.75, 3.05) is 78.4 Å². The first kappa shape index (κ1) is 17.5. The fourth-order valence-corrected chi connectivity index (χ4v) is 4.24. The summed E-state index contributed by atoms with van der Waals surface area (Å²) in [5.41, 5.74) is 0. The number of guanidine groups is 1. The van der Waals surface area contributed by atoms with E-state index in [-0.39, 0.29) is 0 Å². The van der Waals surface area contributed by atoms with Gasteiger partial charge in [-0.25, -0.2) is 0 Å². The number of likely N-dealkylation sites (N-methyl/N-ethyl adjacent to an activating group) is 2. The molecule has 3 heterocycles. The van der Waals surface area contributed by atoms with Crippen molar-refractivity contribution < 1.29 is 0 Å². The lowest BCUT2D eigenvalue weighted by Crippen LogP contribution is -2.57. The van der Waals surface area contributed by atoms with Crippen LogP contribution in [0.15, 0.2) is 22.5 Å². The molecule has 1 atom stereocenters. The minimum Gasteiger partial charge on any atom is -0.360 e. The zero-order chi connectivity index (χ0) is 16.9. The summed E-state index contributed by atoms with van der Waals surface area (Å²) in [6.07, 6.45) is 0. The maximum atomic E-state index is 4.51. The molecule has 0 saturated carbocycles. The molecule has 2 aliphatic heterocycles. The number of anilines is 1. The van der Waals surface area contributed by atoms with Gasteiger partial charge in [-0.3, -0.25) is 9.89 Å². The summed E-state index contributed by atoms with van der Waals surface area (Å²) in [7, 11) is 6.32. The Kier molecular flexibility index (Phi) is 5.97. The lowest BCUT2D eigenvalue weighted by Gasteiger charge is -2.40. The second-order valence-corrected chi connectivity index (χ2v) is 7.68. The van der Waals surface area contributed by atoms with Gasteiger partial charge in [0.25, 0.3) is 0 Å². The van der Waals surface area contributed by atoms with Gasteiger partial charge in [-0.2, -0.15) is 0 Å². The van der Waals surface area contributed by atoms with Gasteiger partial charge in [0, 0.05) is 65.4 Å². The fourth-order valence-electron chi connectivity index (χ4n) is 3.45. The number of hydrogen-bond donors (Lipinski definition) is 1. The van der Waals surface area contributed by atoms with Crippen LogP contribution < -0.4 is 10.2 Å². The van der Waals surface area contributed by atoms with E-state index in [1.54, 1.807) is 0 Å². The van der Waals surface area contributed by atoms with E-state index in [1.165, 1.54) is 5.00 Å². The van der Waals surface area contributed by atoms with Crippen molar-refractivity contribution in [2.24, 2.45) is 4.99 Å². The van der Waals surface area contributed by atoms with E-state index in [4.69, 9.17) is 0 Å². The number of nitrogens with zero attached hydrogens (tertiary/aromatic N) is 5. The Morgan fingerprint density at radius 3 is 2.67 bits per heavy atom. The molecule has 0 bridgehead atoms. The summed E-state index contributed by atoms with van der Waals surface area (Å²) in [6, 6.07) is 4.89. The first-order chi connectivity index (χ1) is 11.7. The molecule has 0 radical (unpaired) electrons. The number of hydrogen-bond acceptors (Lipinski definition) is 5. The highest BCUT2D eigenvalue weighted by Gasteiger charge is 2.24. The Morgan fingerprint density at radius 2 is 2.00 bits per heavy atom. The topological polar surface area (TPSA) is 37.4 Å². The third-order valence-corrected chi connectivity index (χ3v) is 6.01. The summed E-state index contributed by atoms with van der Waals surface area (Å²) in [6.45, 7) is 8.55. The van der Waals surface area contributed by atoms with Gasteiger partial charge in [0.2, 0.25) is 0 Å². The SMILES string of the molecule is CN=C(NCC1CN(C)CCN1C)N1CCN(c2cccs2)CC1. The predicted octanol–water partition coefficient (Wildman–Crippen LogP) is 0.691. The molecule has 0 amide bonds. The van der Waals surface area contributed by atoms with Gasteiger partial charge in [0.15, 0.2) is 5.96 Å². The summed E-state index contributed by atoms with van der Waals surface area (Å²) in [4.78, 5) is 14.2. The zero-order valence-corrected chi connectivity index (χ0v) is 15.9. The molecular formula is C17H30N6S. The molecule has 1 aromatic heterocycles. The molecule has 134 valence electrons. The van der Waals surface area contributed by atoms with Crippen molar-refractivity contribution in [3.05, 3.63) is 17.5 Å². The van der Waals surface area contributed by atoms with Crippen molar-refractivity contribution in [2.45, 2.75) is 6.04 Å². The van der Waals surface area contributed by atoms with Crippen molar-refractivity contribution >= 4 is 22.3 Å². The first-order valence-electron chi connectivity index (χ1n) is 8.80. The van der Waals surface area contributed by atoms with E-state index in [2.05, 4.69) is 61.5 Å². The van der Waals surface area contributed by atoms with Crippen LogP contribution in [0.2, 0.25) is 0 Å². The number of piperazine rings is 2. The van der Waals surface area contributed by atoms with Crippen LogP contribution >= 0.6 is 11.3 Å². The number of rotatable bonds is 3. The van der Waals surface area contributed by atoms with Gasteiger partial charge >= 0.3 is 0 Å². The summed E-state index contributed by atoms with van der Waals surface area (Å²) in [5, 5.41) is 7.13. The standard InChI is InChI=1S/C17H30N6S/c1-18-17(19-13-15-14-20(2)6-7-21(15)3)23-10-8-22(9-11-23)16-5-4-12-24-16/h4-5,12,15H,6-11,13-14H2,1-3H3,(H,18,19). The Morgan fingerprint density at radius 1 is 1.21 bits per heavy atom. The predicted molar refractivity (Wildman–Crippen MR) is 103 cm³/mol. The maximum Gasteiger partial charge on any atom is 0.193 e. The van der Waals surface area contributed by atoms with Crippen LogP contribution in [0.1, 0.15) is 0 Å². The van der Waals surface area contributed by atoms with Crippen molar-refractivity contribution in [1.82, 2.24) is 20.0 Å². The van der Waals surface area contributed by atoms with E-state index < -0.39 is 0 Å². The van der Waals surface area contributed by atoms with Crippen LogP contribution in [0.25, 0.3) is 0 Å². The molecule has 0 aromatic carbocycles. The van der Waals surface area contributed by atoms with Crippen LogP contribution in [0, 0.1) is 0 Å². The van der Waals surface area contributed by atoms with Gasteiger partial charge in [-0.1, -0.05) is 0 Å². The molecule has 0 aliphatic carbocycles. The number of aliphatic imine (C=N–C) groups is 1. The van der Waals surface area contributed by atoms with Gasteiger partial charge < -0.3 is 20.0 Å². The normalized spacial score (nSPS) is 24.5. The molecule has 1 N–H and O–H groups in total. The maximum absolute atomic E-state index is 4.51. The highest BCUT2D eigenvalue weighted by molar-refractivity contribution is 7.14. The quantitative estimate of drug-likeness (QED) is 0.641. The van der Waals surface area contributed by atoms with Crippen LogP contribution in [-0.4, -0.2) is 100 Å². The van der Waals surface area contributed by atoms with Crippen LogP contribution in [0.4, 0.5) is 5.00 Å². The van der Waals surface area contributed by atoms with Crippen LogP contribution in [0.5, 0.6) is 0 Å². The van der Waals surface area contributed by atoms with Crippen molar-refractivity contribution in [1.29, 1.82) is 0 Å². The highest BCUT2D eigenvalue weighted by Crippen LogP contribution is 2.22. The molecule has 0 spiro atoms. The molecule has 2 aliphatic rings. The second-order valence-electron chi connectivity index (χ2n) is 6.75. The average Bonchev–Trinajstić information content (AvgIpc) is 3.13. The van der Waals surface area contributed by atoms with E-state index >= 15 is 0 Å². The summed E-state index contributed by atoms with van der Waals surface area (Å²) < 4.78 is 0. The minimum absolute atomic E-state index is 0.549. The lowest BCUT2D eigenvalue weighted by molar-refractivity contribution is 0.116. The van der Waals surface area contributed by atoms with E-state index in [0.29, 0.717) is 6.04 Å². The van der Waals surface area contributed by atoms with Gasteiger partial charge in [0.1, 0.15) is 0 Å². The van der Waals surface area contributed by atoms with Crippen molar-refractivity contribution in [3.63, 3.8) is 0 Å². The third kappa shape index (κ3) is 4.20. The van der Waals surface area contributed by atoms with E-state index in [9.17, 15) is 0 Å². The Labute approximate surface area is 149 Å². The minimum atomic E-state index is 0.549. The molecule has 1 unspecified atom stereocenters. The highest BCUT2D eigenvalue weighted by atomic mass is 32.1. The zero-order valence-electron chi connectivity index (χ0n) is 15.1. The van der Waals surface area contributed by atoms with E-state index in [0.717, 1.165) is 58.3 Å². The van der Waals surface area contributed by atoms with Gasteiger partial charge in [0.05, 0.1) is 5.00 Å². The summed E-state index contributed by atoms with van der Waals surface area (Å²) in [5.74, 6) is 1.04. The molecule has 2 fully saturated rings. The monoisotopic (exact) mass is 350 g/mol. The first-order valence-corrected chi connectivity index (χ1v) is 9.68. The molecule has 6 nitrogen and oxygen atoms in total. The smallest absolute Gasteiger partial charge is 0.193 e. The Hall–Kier alpha value is -1.31. The van der Waals surface area contributed by atoms with E-state index in [1.807, 2.05) is 18.4 Å². The third-order valence-electron chi connectivity index (χ3n) is 5.08. The van der Waals surface area contributed by atoms with Gasteiger partial charge in [-0.05, 0) is 31.6 Å². The van der Waals surface area contributed by atoms with Gasteiger partial charge in [-0.15, -0.1) is 11.3 Å². The molecule has 2 saturated heterocycles. The summed E-state index contributed by atoms with van der Waals surface area (Å²) >= 11 is 1.83. The Bertz CT molecular complexity index is 523. The molecular weight excluding hydrogens is 320 g/mol. The second kappa shape index (κ2) is 8.18. The lowest BCUT2D eigenvalue weighted by atomic mass is 10.2. The molecule has 1 aromatic rings.